The highest BCUT2D eigenvalue weighted by molar-refractivity contribution is 7.98. The molecule has 0 aliphatic rings. The van der Waals surface area contributed by atoms with Crippen molar-refractivity contribution in [2.45, 2.75) is 11.8 Å². The summed E-state index contributed by atoms with van der Waals surface area (Å²) in [4.78, 5) is 32.2. The Kier molecular flexibility index (Phi) is 5.59. The average Bonchev–Trinajstić information content (AvgIpc) is 2.53. The van der Waals surface area contributed by atoms with Gasteiger partial charge in [-0.25, -0.2) is 0 Å². The molecule has 1 amide bonds. The lowest BCUT2D eigenvalue weighted by Gasteiger charge is -2.19. The summed E-state index contributed by atoms with van der Waals surface area (Å²) >= 11 is 1.26. The topological polar surface area (TPSA) is 109 Å². The predicted molar refractivity (Wildman–Crippen MR) is 82.1 cm³/mol. The summed E-state index contributed by atoms with van der Waals surface area (Å²) in [7, 11) is 0. The molecular weight excluding hydrogens is 318 g/mol. The van der Waals surface area contributed by atoms with Crippen molar-refractivity contribution >= 4 is 40.4 Å². The fraction of sp³-hybridized carbons (Fsp3) is 0.188. The smallest absolute Gasteiger partial charge is 0.267 e. The van der Waals surface area contributed by atoms with Gasteiger partial charge in [0, 0.05) is 11.5 Å². The van der Waals surface area contributed by atoms with Crippen LogP contribution in [-0.4, -0.2) is 29.6 Å². The van der Waals surface area contributed by atoms with Crippen molar-refractivity contribution in [3.63, 3.8) is 0 Å². The molecule has 0 bridgehead atoms. The van der Waals surface area contributed by atoms with Crippen LogP contribution in [0.2, 0.25) is 0 Å². The van der Waals surface area contributed by atoms with E-state index in [4.69, 9.17) is 0 Å². The first-order valence-electron chi connectivity index (χ1n) is 6.75. The Morgan fingerprint density at radius 2 is 1.74 bits per heavy atom. The summed E-state index contributed by atoms with van der Waals surface area (Å²) in [6, 6.07) is 12.4. The van der Waals surface area contributed by atoms with Crippen LogP contribution in [0.5, 0.6) is 0 Å². The monoisotopic (exact) mass is 331 g/mol. The number of fused-ring (bicyclic) bond motifs is 1. The van der Waals surface area contributed by atoms with Gasteiger partial charge in [-0.2, -0.15) is 11.8 Å². The first-order chi connectivity index (χ1) is 11.0. The maximum Gasteiger partial charge on any atom is 0.267 e. The van der Waals surface area contributed by atoms with Crippen LogP contribution in [0, 0.1) is 0 Å². The van der Waals surface area contributed by atoms with E-state index < -0.39 is 23.9 Å². The summed E-state index contributed by atoms with van der Waals surface area (Å²) in [6.45, 7) is 0. The van der Waals surface area contributed by atoms with E-state index in [0.29, 0.717) is 5.75 Å². The van der Waals surface area contributed by atoms with Crippen molar-refractivity contribution in [3.05, 3.63) is 48.0 Å². The number of aliphatic carboxylic acids is 2. The third kappa shape index (κ3) is 4.72. The molecule has 0 spiro atoms. The molecule has 2 aromatic carbocycles. The van der Waals surface area contributed by atoms with Crippen LogP contribution < -0.4 is 15.5 Å². The van der Waals surface area contributed by atoms with E-state index in [9.17, 15) is 24.6 Å². The standard InChI is InChI=1S/C16H15NO5S/c18-14(16(21)22)17-13(15(19)20)9-23-8-10-5-6-11-3-1-2-4-12(11)7-10/h1-7,13H,8-9H2,(H,17,18)(H,19,20)(H,21,22)/p-2/t13-/m0/s1. The van der Waals surface area contributed by atoms with Crippen molar-refractivity contribution < 1.29 is 24.6 Å². The minimum atomic E-state index is -1.98. The molecule has 6 nitrogen and oxygen atoms in total. The third-order valence-electron chi connectivity index (χ3n) is 3.14. The average molecular weight is 331 g/mol. The Balaban J connectivity index is 1.94. The van der Waals surface area contributed by atoms with Gasteiger partial charge in [0.15, 0.2) is 0 Å². The van der Waals surface area contributed by atoms with Gasteiger partial charge < -0.3 is 25.1 Å². The molecule has 0 radical (unpaired) electrons. The van der Waals surface area contributed by atoms with Crippen molar-refractivity contribution in [2.75, 3.05) is 5.75 Å². The Hall–Kier alpha value is -2.54. The first-order valence-corrected chi connectivity index (χ1v) is 7.91. The molecule has 120 valence electrons. The van der Waals surface area contributed by atoms with E-state index in [-0.39, 0.29) is 5.75 Å². The molecule has 2 rings (SSSR count). The molecule has 0 aliphatic carbocycles. The first kappa shape index (κ1) is 16.8. The number of benzene rings is 2. The second kappa shape index (κ2) is 7.64. The minimum absolute atomic E-state index is 0.00577. The largest absolute Gasteiger partial charge is 0.548 e. The number of carbonyl (C=O) groups is 3. The molecule has 0 aromatic heterocycles. The van der Waals surface area contributed by atoms with E-state index in [0.717, 1.165) is 16.3 Å². The number of amides is 1. The predicted octanol–water partition coefficient (Wildman–Crippen LogP) is -0.942. The third-order valence-corrected chi connectivity index (χ3v) is 4.25. The van der Waals surface area contributed by atoms with Crippen LogP contribution in [0.15, 0.2) is 42.5 Å². The molecule has 23 heavy (non-hydrogen) atoms. The van der Waals surface area contributed by atoms with Crippen LogP contribution in [0.25, 0.3) is 10.8 Å². The molecular formula is C16H13NO5S-2. The molecule has 0 saturated heterocycles. The van der Waals surface area contributed by atoms with Crippen LogP contribution in [0.3, 0.4) is 0 Å². The zero-order chi connectivity index (χ0) is 16.8. The number of carbonyl (C=O) groups excluding carboxylic acids is 3. The highest BCUT2D eigenvalue weighted by Gasteiger charge is 2.14. The fourth-order valence-electron chi connectivity index (χ4n) is 2.01. The molecule has 0 aliphatic heterocycles. The van der Waals surface area contributed by atoms with Crippen molar-refractivity contribution in [1.29, 1.82) is 0 Å². The van der Waals surface area contributed by atoms with E-state index in [1.807, 2.05) is 47.8 Å². The number of nitrogens with one attached hydrogen (secondary N) is 1. The maximum absolute atomic E-state index is 11.0. The van der Waals surface area contributed by atoms with Crippen LogP contribution >= 0.6 is 11.8 Å². The fourth-order valence-corrected chi connectivity index (χ4v) is 3.00. The number of rotatable bonds is 6. The normalized spacial score (nSPS) is 11.8. The van der Waals surface area contributed by atoms with E-state index in [1.165, 1.54) is 11.8 Å². The lowest BCUT2D eigenvalue weighted by molar-refractivity contribution is -0.308. The molecule has 1 N–H and O–H groups in total. The zero-order valence-electron chi connectivity index (χ0n) is 12.0. The number of thioether (sulfide) groups is 1. The molecule has 2 aromatic rings. The van der Waals surface area contributed by atoms with Gasteiger partial charge in [-0.15, -0.1) is 0 Å². The number of hydrogen-bond acceptors (Lipinski definition) is 6. The maximum atomic E-state index is 11.0. The van der Waals surface area contributed by atoms with Crippen LogP contribution in [0.4, 0.5) is 0 Å². The number of carboxylic acids is 2. The molecule has 0 heterocycles. The Labute approximate surface area is 136 Å². The van der Waals surface area contributed by atoms with Gasteiger partial charge in [-0.1, -0.05) is 42.5 Å². The van der Waals surface area contributed by atoms with E-state index in [2.05, 4.69) is 0 Å². The lowest BCUT2D eigenvalue weighted by atomic mass is 10.1. The van der Waals surface area contributed by atoms with Gasteiger partial charge in [-0.3, -0.25) is 4.79 Å². The summed E-state index contributed by atoms with van der Waals surface area (Å²) in [5.74, 6) is -4.46. The number of hydrogen-bond donors (Lipinski definition) is 1. The summed E-state index contributed by atoms with van der Waals surface area (Å²) in [5, 5.41) is 25.3. The van der Waals surface area contributed by atoms with Gasteiger partial charge >= 0.3 is 0 Å². The van der Waals surface area contributed by atoms with Crippen molar-refractivity contribution in [1.82, 2.24) is 5.32 Å². The lowest BCUT2D eigenvalue weighted by Crippen LogP contribution is -2.53. The summed E-state index contributed by atoms with van der Waals surface area (Å²) in [6.07, 6.45) is 0. The summed E-state index contributed by atoms with van der Waals surface area (Å²) < 4.78 is 0. The van der Waals surface area contributed by atoms with Crippen LogP contribution in [-0.2, 0) is 20.1 Å². The SMILES string of the molecule is O=C([O-])C(=O)N[C@@H](CSCc1ccc2ccccc2c1)C(=O)[O-]. The van der Waals surface area contributed by atoms with E-state index in [1.54, 1.807) is 0 Å². The molecule has 0 saturated carbocycles. The quantitative estimate of drug-likeness (QED) is 0.684. The van der Waals surface area contributed by atoms with Gasteiger partial charge in [0.25, 0.3) is 5.91 Å². The Bertz CT molecular complexity index is 746. The minimum Gasteiger partial charge on any atom is -0.548 e. The highest BCUT2D eigenvalue weighted by Crippen LogP contribution is 2.19. The molecule has 0 unspecified atom stereocenters. The van der Waals surface area contributed by atoms with Crippen LogP contribution in [0.1, 0.15) is 5.56 Å². The van der Waals surface area contributed by atoms with Crippen molar-refractivity contribution in [2.24, 2.45) is 0 Å². The van der Waals surface area contributed by atoms with Gasteiger partial charge in [0.2, 0.25) is 0 Å². The summed E-state index contributed by atoms with van der Waals surface area (Å²) in [5.41, 5.74) is 0.997. The molecule has 0 fully saturated rings. The van der Waals surface area contributed by atoms with Gasteiger partial charge in [0.1, 0.15) is 5.97 Å². The number of carboxylic acid groups (broad SMARTS) is 2. The Morgan fingerprint density at radius 3 is 2.39 bits per heavy atom. The second-order valence-electron chi connectivity index (χ2n) is 4.83. The Morgan fingerprint density at radius 1 is 1.04 bits per heavy atom. The second-order valence-corrected chi connectivity index (χ2v) is 5.86. The highest BCUT2D eigenvalue weighted by atomic mass is 32.2. The van der Waals surface area contributed by atoms with Gasteiger partial charge in [-0.05, 0) is 16.3 Å². The molecule has 1 atom stereocenters. The zero-order valence-corrected chi connectivity index (χ0v) is 12.8. The van der Waals surface area contributed by atoms with Crippen molar-refractivity contribution in [3.8, 4) is 0 Å². The van der Waals surface area contributed by atoms with Gasteiger partial charge in [0.05, 0.1) is 12.0 Å². The molecule has 7 heteroatoms. The van der Waals surface area contributed by atoms with E-state index >= 15 is 0 Å².